The molecular weight excluding hydrogens is 304 g/mol. The molecule has 2 N–H and O–H groups in total. The quantitative estimate of drug-likeness (QED) is 0.885. The number of nitrogens with zero attached hydrogens (tertiary/aromatic N) is 1. The number of hydrogen-bond donors (Lipinski definition) is 2. The van der Waals surface area contributed by atoms with Gasteiger partial charge in [-0.3, -0.25) is 9.69 Å². The summed E-state index contributed by atoms with van der Waals surface area (Å²) in [4.78, 5) is 14.7. The van der Waals surface area contributed by atoms with E-state index in [1.54, 1.807) is 0 Å². The molecule has 1 aromatic carbocycles. The Hall–Kier alpha value is -1.85. The molecule has 1 aliphatic heterocycles. The second kappa shape index (κ2) is 7.36. The van der Waals surface area contributed by atoms with Crippen LogP contribution in [0.3, 0.4) is 0 Å². The molecule has 2 aromatic rings. The summed E-state index contributed by atoms with van der Waals surface area (Å²) >= 11 is 0. The van der Waals surface area contributed by atoms with Crippen molar-refractivity contribution < 1.29 is 14.3 Å². The number of carbonyl (C=O) groups is 1. The largest absolute Gasteiger partial charge is 0.459 e. The van der Waals surface area contributed by atoms with Gasteiger partial charge in [0, 0.05) is 12.0 Å². The fourth-order valence-corrected chi connectivity index (χ4v) is 3.31. The summed E-state index contributed by atoms with van der Waals surface area (Å²) in [7, 11) is 0. The van der Waals surface area contributed by atoms with Crippen LogP contribution in [0.5, 0.6) is 0 Å². The molecule has 0 radical (unpaired) electrons. The highest BCUT2D eigenvalue weighted by Crippen LogP contribution is 2.24. The molecule has 2 atom stereocenters. The highest BCUT2D eigenvalue weighted by atomic mass is 16.3. The van der Waals surface area contributed by atoms with Crippen LogP contribution in [0.15, 0.2) is 34.7 Å². The van der Waals surface area contributed by atoms with Crippen LogP contribution in [0, 0.1) is 5.92 Å². The summed E-state index contributed by atoms with van der Waals surface area (Å²) in [6.07, 6.45) is 1.90. The monoisotopic (exact) mass is 330 g/mol. The summed E-state index contributed by atoms with van der Waals surface area (Å²) in [6.45, 7) is 5.86. The van der Waals surface area contributed by atoms with E-state index in [2.05, 4.69) is 10.2 Å². The maximum atomic E-state index is 12.5. The molecule has 3 rings (SSSR count). The number of piperidine rings is 1. The molecule has 130 valence electrons. The maximum Gasteiger partial charge on any atom is 0.237 e. The minimum Gasteiger partial charge on any atom is -0.459 e. The number of rotatable bonds is 5. The minimum atomic E-state index is -0.170. The number of fused-ring (bicyclic) bond motifs is 1. The Morgan fingerprint density at radius 2 is 2.04 bits per heavy atom. The first-order valence-electron chi connectivity index (χ1n) is 8.72. The Morgan fingerprint density at radius 1 is 1.33 bits per heavy atom. The molecule has 1 amide bonds. The van der Waals surface area contributed by atoms with Crippen LogP contribution in [0.4, 0.5) is 0 Å². The summed E-state index contributed by atoms with van der Waals surface area (Å²) < 4.78 is 5.83. The fraction of sp³-hybridized carbons (Fsp3) is 0.526. The van der Waals surface area contributed by atoms with E-state index < -0.39 is 0 Å². The zero-order chi connectivity index (χ0) is 17.1. The van der Waals surface area contributed by atoms with E-state index in [-0.39, 0.29) is 24.6 Å². The van der Waals surface area contributed by atoms with Gasteiger partial charge in [-0.1, -0.05) is 18.2 Å². The van der Waals surface area contributed by atoms with Crippen LogP contribution < -0.4 is 5.32 Å². The normalized spacial score (nSPS) is 19.3. The van der Waals surface area contributed by atoms with Crippen molar-refractivity contribution in [3.8, 4) is 0 Å². The smallest absolute Gasteiger partial charge is 0.237 e. The molecule has 5 heteroatoms. The van der Waals surface area contributed by atoms with E-state index in [1.165, 1.54) is 0 Å². The Bertz CT molecular complexity index is 656. The number of aliphatic hydroxyl groups is 1. The molecule has 2 unspecified atom stereocenters. The van der Waals surface area contributed by atoms with E-state index >= 15 is 0 Å². The summed E-state index contributed by atoms with van der Waals surface area (Å²) in [5, 5.41) is 13.3. The van der Waals surface area contributed by atoms with Gasteiger partial charge in [0.1, 0.15) is 11.3 Å². The average molecular weight is 330 g/mol. The van der Waals surface area contributed by atoms with E-state index in [1.807, 2.05) is 44.2 Å². The SMILES string of the molecule is CC(NC(=O)C(C)N1CCC(CO)CC1)c1cc2ccccc2o1. The van der Waals surface area contributed by atoms with Crippen molar-refractivity contribution in [1.82, 2.24) is 10.2 Å². The van der Waals surface area contributed by atoms with E-state index in [0.717, 1.165) is 42.7 Å². The number of benzene rings is 1. The van der Waals surface area contributed by atoms with Crippen molar-refractivity contribution in [2.24, 2.45) is 5.92 Å². The van der Waals surface area contributed by atoms with Gasteiger partial charge in [-0.25, -0.2) is 0 Å². The lowest BCUT2D eigenvalue weighted by Crippen LogP contribution is -2.48. The molecule has 0 aliphatic carbocycles. The first-order chi connectivity index (χ1) is 11.6. The topological polar surface area (TPSA) is 65.7 Å². The number of furan rings is 1. The van der Waals surface area contributed by atoms with Gasteiger partial charge in [-0.15, -0.1) is 0 Å². The summed E-state index contributed by atoms with van der Waals surface area (Å²) in [6, 6.07) is 9.50. The predicted molar refractivity (Wildman–Crippen MR) is 93.6 cm³/mol. The first kappa shape index (κ1) is 17.0. The van der Waals surface area contributed by atoms with Crippen LogP contribution in [-0.4, -0.2) is 41.7 Å². The molecule has 5 nitrogen and oxygen atoms in total. The van der Waals surface area contributed by atoms with Crippen molar-refractivity contribution in [2.45, 2.75) is 38.8 Å². The number of hydrogen-bond acceptors (Lipinski definition) is 4. The Balaban J connectivity index is 1.59. The predicted octanol–water partition coefficient (Wildman–Crippen LogP) is 2.70. The van der Waals surface area contributed by atoms with Gasteiger partial charge >= 0.3 is 0 Å². The number of carbonyl (C=O) groups excluding carboxylic acids is 1. The summed E-state index contributed by atoms with van der Waals surface area (Å²) in [5.41, 5.74) is 0.840. The molecule has 1 aliphatic rings. The van der Waals surface area contributed by atoms with Crippen LogP contribution >= 0.6 is 0 Å². The standard InChI is InChI=1S/C19H26N2O3/c1-13(18-11-16-5-3-4-6-17(16)24-18)20-19(23)14(2)21-9-7-15(12-22)8-10-21/h3-6,11,13-15,22H,7-10,12H2,1-2H3,(H,20,23). The van der Waals surface area contributed by atoms with Crippen LogP contribution in [0.1, 0.15) is 38.5 Å². The zero-order valence-corrected chi connectivity index (χ0v) is 14.4. The number of amides is 1. The average Bonchev–Trinajstić information content (AvgIpc) is 3.05. The molecule has 1 fully saturated rings. The Labute approximate surface area is 142 Å². The van der Waals surface area contributed by atoms with Crippen LogP contribution in [0.25, 0.3) is 11.0 Å². The molecule has 1 saturated heterocycles. The highest BCUT2D eigenvalue weighted by molar-refractivity contribution is 5.82. The van der Waals surface area contributed by atoms with Gasteiger partial charge < -0.3 is 14.8 Å². The number of aliphatic hydroxyl groups excluding tert-OH is 1. The van der Waals surface area contributed by atoms with Crippen molar-refractivity contribution >= 4 is 16.9 Å². The van der Waals surface area contributed by atoms with E-state index in [0.29, 0.717) is 5.92 Å². The van der Waals surface area contributed by atoms with Crippen molar-refractivity contribution in [3.63, 3.8) is 0 Å². The second-order valence-electron chi connectivity index (χ2n) is 6.75. The van der Waals surface area contributed by atoms with E-state index in [4.69, 9.17) is 4.42 Å². The van der Waals surface area contributed by atoms with Gasteiger partial charge in [0.05, 0.1) is 12.1 Å². The number of nitrogens with one attached hydrogen (secondary N) is 1. The molecule has 2 heterocycles. The third-order valence-electron chi connectivity index (χ3n) is 5.06. The highest BCUT2D eigenvalue weighted by Gasteiger charge is 2.27. The zero-order valence-electron chi connectivity index (χ0n) is 14.4. The van der Waals surface area contributed by atoms with Gasteiger partial charge in [-0.05, 0) is 57.8 Å². The minimum absolute atomic E-state index is 0.0189. The maximum absolute atomic E-state index is 12.5. The lowest BCUT2D eigenvalue weighted by atomic mass is 9.97. The third kappa shape index (κ3) is 3.62. The lowest BCUT2D eigenvalue weighted by Gasteiger charge is -2.35. The molecule has 0 bridgehead atoms. The number of likely N-dealkylation sites (tertiary alicyclic amines) is 1. The molecule has 0 spiro atoms. The van der Waals surface area contributed by atoms with E-state index in [9.17, 15) is 9.90 Å². The van der Waals surface area contributed by atoms with Crippen molar-refractivity contribution in [2.75, 3.05) is 19.7 Å². The second-order valence-corrected chi connectivity index (χ2v) is 6.75. The summed E-state index contributed by atoms with van der Waals surface area (Å²) in [5.74, 6) is 1.17. The molecular formula is C19H26N2O3. The number of para-hydroxylation sites is 1. The van der Waals surface area contributed by atoms with Gasteiger partial charge in [0.2, 0.25) is 5.91 Å². The van der Waals surface area contributed by atoms with Gasteiger partial charge in [0.15, 0.2) is 0 Å². The molecule has 24 heavy (non-hydrogen) atoms. The molecule has 1 aromatic heterocycles. The van der Waals surface area contributed by atoms with Gasteiger partial charge in [0.25, 0.3) is 0 Å². The van der Waals surface area contributed by atoms with Crippen molar-refractivity contribution in [1.29, 1.82) is 0 Å². The Morgan fingerprint density at radius 3 is 2.71 bits per heavy atom. The van der Waals surface area contributed by atoms with Crippen molar-refractivity contribution in [3.05, 3.63) is 36.1 Å². The Kier molecular flexibility index (Phi) is 5.21. The van der Waals surface area contributed by atoms with Gasteiger partial charge in [-0.2, -0.15) is 0 Å². The first-order valence-corrected chi connectivity index (χ1v) is 8.72. The fourth-order valence-electron chi connectivity index (χ4n) is 3.31. The van der Waals surface area contributed by atoms with Crippen LogP contribution in [0.2, 0.25) is 0 Å². The van der Waals surface area contributed by atoms with Crippen LogP contribution in [-0.2, 0) is 4.79 Å². The molecule has 0 saturated carbocycles. The lowest BCUT2D eigenvalue weighted by molar-refractivity contribution is -0.127. The third-order valence-corrected chi connectivity index (χ3v) is 5.06.